The Labute approximate surface area is 143 Å². The molecule has 25 heavy (non-hydrogen) atoms. The van der Waals surface area contributed by atoms with E-state index in [1.807, 2.05) is 6.92 Å². The summed E-state index contributed by atoms with van der Waals surface area (Å²) in [5.41, 5.74) is -0.0767. The fraction of sp³-hybridized carbons (Fsp3) is 0.188. The molecule has 0 aliphatic heterocycles. The van der Waals surface area contributed by atoms with Crippen LogP contribution in [0.15, 0.2) is 42.5 Å². The van der Waals surface area contributed by atoms with Crippen molar-refractivity contribution in [2.75, 3.05) is 11.9 Å². The van der Waals surface area contributed by atoms with Gasteiger partial charge >= 0.3 is 0 Å². The molecule has 0 heterocycles. The van der Waals surface area contributed by atoms with Crippen LogP contribution in [0.3, 0.4) is 0 Å². The number of nitro benzene ring substituents is 2. The largest absolute Gasteiger partial charge is 0.352 e. The number of hydrogen-bond acceptors (Lipinski definition) is 6. The highest BCUT2D eigenvalue weighted by atomic mass is 16.6. The molecular weight excluding hydrogens is 328 g/mol. The average Bonchev–Trinajstić information content (AvgIpc) is 2.60. The van der Waals surface area contributed by atoms with Gasteiger partial charge in [-0.15, -0.1) is 0 Å². The fourth-order valence-corrected chi connectivity index (χ4v) is 2.16. The van der Waals surface area contributed by atoms with Crippen molar-refractivity contribution < 1.29 is 14.6 Å². The lowest BCUT2D eigenvalue weighted by molar-refractivity contribution is -0.393. The number of amides is 1. The van der Waals surface area contributed by atoms with Crippen molar-refractivity contribution in [3.63, 3.8) is 0 Å². The van der Waals surface area contributed by atoms with E-state index < -0.39 is 15.5 Å². The van der Waals surface area contributed by atoms with Gasteiger partial charge in [0, 0.05) is 12.6 Å². The van der Waals surface area contributed by atoms with Gasteiger partial charge in [0.1, 0.15) is 5.69 Å². The molecule has 2 aromatic rings. The summed E-state index contributed by atoms with van der Waals surface area (Å²) in [7, 11) is 0. The number of carbonyl (C=O) groups excluding carboxylic acids is 1. The maximum atomic E-state index is 12.2. The van der Waals surface area contributed by atoms with E-state index in [1.165, 1.54) is 6.07 Å². The third kappa shape index (κ3) is 4.28. The zero-order valence-corrected chi connectivity index (χ0v) is 13.4. The third-order valence-electron chi connectivity index (χ3n) is 3.37. The molecule has 2 rings (SSSR count). The number of para-hydroxylation sites is 1. The molecule has 0 radical (unpaired) electrons. The molecule has 2 aromatic carbocycles. The quantitative estimate of drug-likeness (QED) is 0.585. The smallest absolute Gasteiger partial charge is 0.299 e. The van der Waals surface area contributed by atoms with Crippen LogP contribution in [0.25, 0.3) is 0 Å². The highest BCUT2D eigenvalue weighted by Gasteiger charge is 2.21. The van der Waals surface area contributed by atoms with Crippen LogP contribution in [0.2, 0.25) is 0 Å². The Morgan fingerprint density at radius 3 is 2.40 bits per heavy atom. The maximum Gasteiger partial charge on any atom is 0.299 e. The number of rotatable bonds is 7. The molecule has 9 heteroatoms. The van der Waals surface area contributed by atoms with Crippen LogP contribution < -0.4 is 10.6 Å². The SMILES string of the molecule is CCCNC(=O)c1ccccc1Nc1ccc([N+](=O)[O-])cc1[N+](=O)[O-]. The average molecular weight is 344 g/mol. The first-order valence-electron chi connectivity index (χ1n) is 7.51. The summed E-state index contributed by atoms with van der Waals surface area (Å²) in [6.07, 6.45) is 0.773. The summed E-state index contributed by atoms with van der Waals surface area (Å²) < 4.78 is 0. The van der Waals surface area contributed by atoms with E-state index in [9.17, 15) is 25.0 Å². The molecule has 0 aliphatic carbocycles. The van der Waals surface area contributed by atoms with Gasteiger partial charge in [0.25, 0.3) is 17.3 Å². The van der Waals surface area contributed by atoms with Gasteiger partial charge in [0.05, 0.1) is 27.2 Å². The second kappa shape index (κ2) is 7.86. The lowest BCUT2D eigenvalue weighted by Gasteiger charge is -2.12. The van der Waals surface area contributed by atoms with E-state index >= 15 is 0 Å². The lowest BCUT2D eigenvalue weighted by Crippen LogP contribution is -2.24. The second-order valence-corrected chi connectivity index (χ2v) is 5.14. The molecule has 0 fully saturated rings. The fourth-order valence-electron chi connectivity index (χ4n) is 2.16. The second-order valence-electron chi connectivity index (χ2n) is 5.14. The zero-order chi connectivity index (χ0) is 18.4. The number of benzene rings is 2. The summed E-state index contributed by atoms with van der Waals surface area (Å²) in [4.78, 5) is 32.8. The molecule has 9 nitrogen and oxygen atoms in total. The van der Waals surface area contributed by atoms with Crippen molar-refractivity contribution in [1.29, 1.82) is 0 Å². The van der Waals surface area contributed by atoms with E-state index in [-0.39, 0.29) is 17.3 Å². The predicted molar refractivity (Wildman–Crippen MR) is 92.1 cm³/mol. The van der Waals surface area contributed by atoms with Crippen molar-refractivity contribution in [1.82, 2.24) is 5.32 Å². The first kappa shape index (κ1) is 17.9. The number of nitrogens with one attached hydrogen (secondary N) is 2. The molecule has 0 unspecified atom stereocenters. The summed E-state index contributed by atoms with van der Waals surface area (Å²) in [6, 6.07) is 9.83. The van der Waals surface area contributed by atoms with Gasteiger partial charge < -0.3 is 10.6 Å². The van der Waals surface area contributed by atoms with Crippen molar-refractivity contribution in [2.45, 2.75) is 13.3 Å². The van der Waals surface area contributed by atoms with E-state index in [0.29, 0.717) is 17.8 Å². The summed E-state index contributed by atoms with van der Waals surface area (Å²) >= 11 is 0. The van der Waals surface area contributed by atoms with Gasteiger partial charge in [-0.2, -0.15) is 0 Å². The Hall–Kier alpha value is -3.49. The minimum atomic E-state index is -0.713. The summed E-state index contributed by atoms with van der Waals surface area (Å²) in [5.74, 6) is -0.311. The predicted octanol–water partition coefficient (Wildman–Crippen LogP) is 3.39. The van der Waals surface area contributed by atoms with Crippen LogP contribution in [0.5, 0.6) is 0 Å². The molecule has 0 aliphatic rings. The molecule has 0 bridgehead atoms. The first-order valence-corrected chi connectivity index (χ1v) is 7.51. The van der Waals surface area contributed by atoms with Gasteiger partial charge in [-0.25, -0.2) is 0 Å². The Balaban J connectivity index is 2.38. The van der Waals surface area contributed by atoms with Gasteiger partial charge in [-0.1, -0.05) is 19.1 Å². The molecule has 0 saturated heterocycles. The number of carbonyl (C=O) groups is 1. The minimum absolute atomic E-state index is 0.0614. The Morgan fingerprint density at radius 2 is 1.76 bits per heavy atom. The number of non-ortho nitro benzene ring substituents is 1. The normalized spacial score (nSPS) is 10.1. The van der Waals surface area contributed by atoms with Gasteiger partial charge in [0.15, 0.2) is 0 Å². The van der Waals surface area contributed by atoms with E-state index in [4.69, 9.17) is 0 Å². The molecule has 0 spiro atoms. The molecule has 0 saturated carbocycles. The zero-order valence-electron chi connectivity index (χ0n) is 13.4. The van der Waals surface area contributed by atoms with E-state index in [2.05, 4.69) is 10.6 Å². The van der Waals surface area contributed by atoms with E-state index in [0.717, 1.165) is 18.6 Å². The summed E-state index contributed by atoms with van der Waals surface area (Å²) in [6.45, 7) is 2.43. The Morgan fingerprint density at radius 1 is 1.04 bits per heavy atom. The monoisotopic (exact) mass is 344 g/mol. The highest BCUT2D eigenvalue weighted by molar-refractivity contribution is 6.00. The number of nitro groups is 2. The van der Waals surface area contributed by atoms with E-state index in [1.54, 1.807) is 24.3 Å². The van der Waals surface area contributed by atoms with Crippen LogP contribution in [0, 0.1) is 20.2 Å². The van der Waals surface area contributed by atoms with Crippen molar-refractivity contribution in [3.8, 4) is 0 Å². The van der Waals surface area contributed by atoms with Gasteiger partial charge in [-0.3, -0.25) is 25.0 Å². The van der Waals surface area contributed by atoms with Crippen LogP contribution in [-0.4, -0.2) is 22.3 Å². The molecule has 130 valence electrons. The Kier molecular flexibility index (Phi) is 5.62. The maximum absolute atomic E-state index is 12.2. The lowest BCUT2D eigenvalue weighted by atomic mass is 10.1. The third-order valence-corrected chi connectivity index (χ3v) is 3.37. The van der Waals surface area contributed by atoms with Gasteiger partial charge in [-0.05, 0) is 24.6 Å². The number of nitrogens with zero attached hydrogens (tertiary/aromatic N) is 2. The molecule has 1 amide bonds. The Bertz CT molecular complexity index is 822. The van der Waals surface area contributed by atoms with Crippen LogP contribution in [0.4, 0.5) is 22.7 Å². The van der Waals surface area contributed by atoms with Gasteiger partial charge in [0.2, 0.25) is 0 Å². The minimum Gasteiger partial charge on any atom is -0.352 e. The van der Waals surface area contributed by atoms with Crippen molar-refractivity contribution >= 4 is 28.7 Å². The van der Waals surface area contributed by atoms with Crippen LogP contribution >= 0.6 is 0 Å². The van der Waals surface area contributed by atoms with Crippen molar-refractivity contribution in [2.24, 2.45) is 0 Å². The molecule has 0 aromatic heterocycles. The standard InChI is InChI=1S/C16H16N4O5/c1-2-9-17-16(21)12-5-3-4-6-13(12)18-14-8-7-11(19(22)23)10-15(14)20(24)25/h3-8,10,18H,2,9H2,1H3,(H,17,21). The van der Waals surface area contributed by atoms with Crippen LogP contribution in [0.1, 0.15) is 23.7 Å². The number of hydrogen-bond donors (Lipinski definition) is 2. The molecular formula is C16H16N4O5. The van der Waals surface area contributed by atoms with Crippen LogP contribution in [-0.2, 0) is 0 Å². The first-order chi connectivity index (χ1) is 11.9. The number of anilines is 2. The van der Waals surface area contributed by atoms with Crippen molar-refractivity contribution in [3.05, 3.63) is 68.3 Å². The summed E-state index contributed by atoms with van der Waals surface area (Å²) in [5, 5.41) is 27.6. The topological polar surface area (TPSA) is 127 Å². The molecule has 0 atom stereocenters. The highest BCUT2D eigenvalue weighted by Crippen LogP contribution is 2.32. The molecule has 2 N–H and O–H groups in total.